The number of fused-ring (bicyclic) bond motifs is 2. The van der Waals surface area contributed by atoms with Gasteiger partial charge in [-0.25, -0.2) is 0 Å². The van der Waals surface area contributed by atoms with Crippen LogP contribution in [-0.2, 0) is 0 Å². The number of nitrogens with two attached hydrogens (primary N) is 1. The number of hydrogen-bond acceptors (Lipinski definition) is 6. The first kappa shape index (κ1) is 15.7. The van der Waals surface area contributed by atoms with E-state index in [9.17, 15) is 19.7 Å². The summed E-state index contributed by atoms with van der Waals surface area (Å²) in [4.78, 5) is 36.4. The molecule has 3 N–H and O–H groups in total. The van der Waals surface area contributed by atoms with E-state index < -0.39 is 22.2 Å². The molecule has 7 heteroatoms. The molecule has 0 atom stereocenters. The fourth-order valence-electron chi connectivity index (χ4n) is 2.91. The number of hydrogen-bond donors (Lipinski definition) is 2. The number of carbonyl (C=O) groups excluding carboxylic acids is 2. The summed E-state index contributed by atoms with van der Waals surface area (Å²) >= 11 is 0. The Labute approximate surface area is 137 Å². The molecule has 0 heterocycles. The van der Waals surface area contributed by atoms with Gasteiger partial charge in [-0.2, -0.15) is 0 Å². The first-order chi connectivity index (χ1) is 11.3. The Morgan fingerprint density at radius 2 is 1.75 bits per heavy atom. The minimum absolute atomic E-state index is 0.0208. The summed E-state index contributed by atoms with van der Waals surface area (Å²) < 4.78 is 0. The summed E-state index contributed by atoms with van der Waals surface area (Å²) in [6.07, 6.45) is 0. The van der Waals surface area contributed by atoms with Crippen molar-refractivity contribution >= 4 is 28.6 Å². The van der Waals surface area contributed by atoms with Gasteiger partial charge in [0, 0.05) is 29.0 Å². The maximum Gasteiger partial charge on any atom is 0.281 e. The van der Waals surface area contributed by atoms with Gasteiger partial charge in [-0.15, -0.1) is 0 Å². The Balaban J connectivity index is 2.33. The molecule has 3 rings (SSSR count). The highest BCUT2D eigenvalue weighted by molar-refractivity contribution is 6.33. The molecule has 1 aliphatic rings. The molecule has 122 valence electrons. The maximum absolute atomic E-state index is 12.9. The summed E-state index contributed by atoms with van der Waals surface area (Å²) in [6, 6.07) is 7.23. The normalized spacial score (nSPS) is 12.8. The smallest absolute Gasteiger partial charge is 0.281 e. The second-order valence-corrected chi connectivity index (χ2v) is 5.87. The third kappa shape index (κ3) is 2.21. The molecule has 0 aliphatic heterocycles. The first-order valence-electron chi connectivity index (χ1n) is 7.38. The molecular weight excluding hydrogens is 310 g/mol. The van der Waals surface area contributed by atoms with E-state index in [-0.39, 0.29) is 34.0 Å². The van der Waals surface area contributed by atoms with Crippen LogP contribution in [-0.4, -0.2) is 22.5 Å². The van der Waals surface area contributed by atoms with Crippen LogP contribution in [0, 0.1) is 10.1 Å². The Bertz CT molecular complexity index is 903. The quantitative estimate of drug-likeness (QED) is 0.434. The van der Waals surface area contributed by atoms with Crippen LogP contribution in [0.1, 0.15) is 45.7 Å². The lowest BCUT2D eigenvalue weighted by atomic mass is 9.81. The van der Waals surface area contributed by atoms with Crippen molar-refractivity contribution < 1.29 is 14.5 Å². The van der Waals surface area contributed by atoms with Crippen molar-refractivity contribution in [3.05, 3.63) is 62.7 Å². The van der Waals surface area contributed by atoms with Crippen LogP contribution in [0.5, 0.6) is 0 Å². The number of ketones is 2. The first-order valence-corrected chi connectivity index (χ1v) is 7.38. The Morgan fingerprint density at radius 3 is 2.38 bits per heavy atom. The number of anilines is 2. The van der Waals surface area contributed by atoms with Crippen molar-refractivity contribution in [2.45, 2.75) is 19.9 Å². The number of nitrogens with zero attached hydrogens (tertiary/aromatic N) is 1. The monoisotopic (exact) mass is 325 g/mol. The molecule has 0 amide bonds. The van der Waals surface area contributed by atoms with Gasteiger partial charge in [0.25, 0.3) is 5.69 Å². The van der Waals surface area contributed by atoms with E-state index in [4.69, 9.17) is 5.73 Å². The van der Waals surface area contributed by atoms with E-state index in [1.165, 1.54) is 24.3 Å². The Morgan fingerprint density at radius 1 is 1.04 bits per heavy atom. The van der Waals surface area contributed by atoms with Crippen LogP contribution in [0.3, 0.4) is 0 Å². The molecule has 0 saturated carbocycles. The van der Waals surface area contributed by atoms with Crippen molar-refractivity contribution in [1.29, 1.82) is 0 Å². The molecule has 0 radical (unpaired) electrons. The highest BCUT2D eigenvalue weighted by atomic mass is 16.6. The van der Waals surface area contributed by atoms with Gasteiger partial charge in [0.05, 0.1) is 16.1 Å². The number of carbonyl (C=O) groups is 2. The van der Waals surface area contributed by atoms with E-state index >= 15 is 0 Å². The second-order valence-electron chi connectivity index (χ2n) is 5.87. The van der Waals surface area contributed by atoms with E-state index in [0.29, 0.717) is 5.69 Å². The molecule has 0 fully saturated rings. The number of nitrogen functional groups attached to an aromatic ring is 1. The Hall–Kier alpha value is -3.22. The summed E-state index contributed by atoms with van der Waals surface area (Å²) in [5, 5.41) is 14.3. The van der Waals surface area contributed by atoms with E-state index in [0.717, 1.165) is 0 Å². The van der Waals surface area contributed by atoms with Crippen LogP contribution in [0.2, 0.25) is 0 Å². The summed E-state index contributed by atoms with van der Waals surface area (Å²) in [6.45, 7) is 3.80. The van der Waals surface area contributed by atoms with Crippen LogP contribution in [0.25, 0.3) is 0 Å². The lowest BCUT2D eigenvalue weighted by Gasteiger charge is -2.23. The summed E-state index contributed by atoms with van der Waals surface area (Å²) in [5.74, 6) is -1.05. The predicted molar refractivity (Wildman–Crippen MR) is 89.6 cm³/mol. The van der Waals surface area contributed by atoms with Gasteiger partial charge < -0.3 is 11.1 Å². The molecule has 0 spiro atoms. The van der Waals surface area contributed by atoms with Crippen molar-refractivity contribution in [3.8, 4) is 0 Å². The molecule has 0 saturated heterocycles. The number of benzene rings is 2. The zero-order valence-electron chi connectivity index (χ0n) is 13.1. The maximum atomic E-state index is 12.9. The van der Waals surface area contributed by atoms with Gasteiger partial charge in [0.15, 0.2) is 5.78 Å². The van der Waals surface area contributed by atoms with Crippen molar-refractivity contribution in [3.63, 3.8) is 0 Å². The zero-order chi connectivity index (χ0) is 17.6. The molecular formula is C17H15N3O4. The van der Waals surface area contributed by atoms with E-state index in [1.54, 1.807) is 6.07 Å². The number of nitro groups is 1. The lowest BCUT2D eigenvalue weighted by Crippen LogP contribution is -2.26. The van der Waals surface area contributed by atoms with Crippen LogP contribution >= 0.6 is 0 Å². The molecule has 0 aromatic heterocycles. The minimum atomic E-state index is -0.665. The number of nitrogens with one attached hydrogen (secondary N) is 1. The van der Waals surface area contributed by atoms with Crippen molar-refractivity contribution in [1.82, 2.24) is 0 Å². The second kappa shape index (κ2) is 5.45. The summed E-state index contributed by atoms with van der Waals surface area (Å²) in [7, 11) is 0. The minimum Gasteiger partial charge on any atom is -0.398 e. The molecule has 0 bridgehead atoms. The average Bonchev–Trinajstić information content (AvgIpc) is 2.52. The van der Waals surface area contributed by atoms with Crippen molar-refractivity contribution in [2.75, 3.05) is 11.1 Å². The molecule has 0 unspecified atom stereocenters. The third-order valence-corrected chi connectivity index (χ3v) is 3.85. The number of rotatable bonds is 3. The van der Waals surface area contributed by atoms with E-state index in [2.05, 4.69) is 5.32 Å². The third-order valence-electron chi connectivity index (χ3n) is 3.85. The van der Waals surface area contributed by atoms with Crippen molar-refractivity contribution in [2.24, 2.45) is 0 Å². The fraction of sp³-hybridized carbons (Fsp3) is 0.176. The topological polar surface area (TPSA) is 115 Å². The molecule has 1 aliphatic carbocycles. The zero-order valence-corrected chi connectivity index (χ0v) is 13.1. The average molecular weight is 325 g/mol. The largest absolute Gasteiger partial charge is 0.398 e. The highest BCUT2D eigenvalue weighted by Crippen LogP contribution is 2.38. The summed E-state index contributed by atoms with van der Waals surface area (Å²) in [5.41, 5.74) is 6.15. The number of nitro benzene ring substituents is 1. The van der Waals surface area contributed by atoms with E-state index in [1.807, 2.05) is 13.8 Å². The fourth-order valence-corrected chi connectivity index (χ4v) is 2.91. The van der Waals surface area contributed by atoms with Crippen LogP contribution < -0.4 is 11.1 Å². The van der Waals surface area contributed by atoms with Crippen LogP contribution in [0.4, 0.5) is 17.1 Å². The Kier molecular flexibility index (Phi) is 3.56. The van der Waals surface area contributed by atoms with Gasteiger partial charge in [0.2, 0.25) is 5.78 Å². The van der Waals surface area contributed by atoms with Gasteiger partial charge in [-0.1, -0.05) is 6.07 Å². The van der Waals surface area contributed by atoms with Gasteiger partial charge in [0.1, 0.15) is 5.56 Å². The molecule has 2 aromatic rings. The molecule has 24 heavy (non-hydrogen) atoms. The highest BCUT2D eigenvalue weighted by Gasteiger charge is 2.38. The van der Waals surface area contributed by atoms with Gasteiger partial charge >= 0.3 is 0 Å². The molecule has 2 aromatic carbocycles. The van der Waals surface area contributed by atoms with Gasteiger partial charge in [-0.3, -0.25) is 19.7 Å². The standard InChI is InChI=1S/C17H15N3O4/c1-8(2)19-11-7-6-10(18)14-15(11)16(21)9-4-3-5-12(20(23)24)13(9)17(14)22/h3-8,19H,18H2,1-2H3. The lowest BCUT2D eigenvalue weighted by molar-refractivity contribution is -0.385. The SMILES string of the molecule is CC(C)Nc1ccc(N)c2c1C(=O)c1cccc([N+](=O)[O-])c1C2=O. The predicted octanol–water partition coefficient (Wildman–Crippen LogP) is 2.77. The molecule has 7 nitrogen and oxygen atoms in total. The van der Waals surface area contributed by atoms with Crippen LogP contribution in [0.15, 0.2) is 30.3 Å². The van der Waals surface area contributed by atoms with Gasteiger partial charge in [-0.05, 0) is 32.0 Å².